The van der Waals surface area contributed by atoms with Gasteiger partial charge in [-0.25, -0.2) is 0 Å². The standard InChI is InChI=1S/C11H22N2O3/c1-9(2)8-13-11(16)10(15)12-6-4-3-5-7-14/h9,14H,3-8H2,1-2H3,(H,12,15)(H,13,16). The highest BCUT2D eigenvalue weighted by Gasteiger charge is 2.11. The van der Waals surface area contributed by atoms with Crippen LogP contribution in [0, 0.1) is 5.92 Å². The average molecular weight is 230 g/mol. The lowest BCUT2D eigenvalue weighted by Gasteiger charge is -2.07. The molecule has 0 aliphatic carbocycles. The molecule has 0 aliphatic heterocycles. The molecule has 3 N–H and O–H groups in total. The molecule has 0 aromatic carbocycles. The van der Waals surface area contributed by atoms with Gasteiger partial charge in [0.05, 0.1) is 0 Å². The summed E-state index contributed by atoms with van der Waals surface area (Å²) in [5.41, 5.74) is 0. The molecule has 94 valence electrons. The summed E-state index contributed by atoms with van der Waals surface area (Å²) in [6, 6.07) is 0. The van der Waals surface area contributed by atoms with Gasteiger partial charge < -0.3 is 15.7 Å². The molecule has 0 aromatic heterocycles. The van der Waals surface area contributed by atoms with Gasteiger partial charge in [0.2, 0.25) is 0 Å². The Morgan fingerprint density at radius 1 is 1.06 bits per heavy atom. The molecule has 0 atom stereocenters. The molecule has 5 heteroatoms. The van der Waals surface area contributed by atoms with Crippen molar-refractivity contribution in [3.05, 3.63) is 0 Å². The van der Waals surface area contributed by atoms with E-state index in [1.807, 2.05) is 13.8 Å². The summed E-state index contributed by atoms with van der Waals surface area (Å²) in [4.78, 5) is 22.4. The van der Waals surface area contributed by atoms with E-state index in [2.05, 4.69) is 10.6 Å². The van der Waals surface area contributed by atoms with Crippen LogP contribution in [0.1, 0.15) is 33.1 Å². The van der Waals surface area contributed by atoms with Gasteiger partial charge in [0.25, 0.3) is 0 Å². The van der Waals surface area contributed by atoms with Gasteiger partial charge in [-0.2, -0.15) is 0 Å². The predicted molar refractivity (Wildman–Crippen MR) is 61.8 cm³/mol. The summed E-state index contributed by atoms with van der Waals surface area (Å²) in [5, 5.41) is 13.6. The third-order valence-corrected chi connectivity index (χ3v) is 2.00. The minimum absolute atomic E-state index is 0.169. The Labute approximate surface area is 96.6 Å². The summed E-state index contributed by atoms with van der Waals surface area (Å²) in [5.74, 6) is -0.818. The van der Waals surface area contributed by atoms with E-state index in [1.54, 1.807) is 0 Å². The molecule has 0 fully saturated rings. The third-order valence-electron chi connectivity index (χ3n) is 2.00. The number of unbranched alkanes of at least 4 members (excludes halogenated alkanes) is 2. The van der Waals surface area contributed by atoms with Crippen LogP contribution in [-0.2, 0) is 9.59 Å². The lowest BCUT2D eigenvalue weighted by Crippen LogP contribution is -2.41. The lowest BCUT2D eigenvalue weighted by molar-refractivity contribution is -0.139. The summed E-state index contributed by atoms with van der Waals surface area (Å²) in [6.07, 6.45) is 2.36. The minimum atomic E-state index is -0.579. The highest BCUT2D eigenvalue weighted by atomic mass is 16.3. The van der Waals surface area contributed by atoms with E-state index < -0.39 is 11.8 Å². The van der Waals surface area contributed by atoms with E-state index in [0.717, 1.165) is 19.3 Å². The molecule has 0 radical (unpaired) electrons. The zero-order valence-corrected chi connectivity index (χ0v) is 10.1. The van der Waals surface area contributed by atoms with Crippen LogP contribution >= 0.6 is 0 Å². The molecule has 0 bridgehead atoms. The number of hydrogen-bond acceptors (Lipinski definition) is 3. The molecule has 0 rings (SSSR count). The first-order valence-electron chi connectivity index (χ1n) is 5.74. The van der Waals surface area contributed by atoms with Crippen LogP contribution in [0.4, 0.5) is 0 Å². The van der Waals surface area contributed by atoms with Crippen molar-refractivity contribution in [1.82, 2.24) is 10.6 Å². The van der Waals surface area contributed by atoms with Gasteiger partial charge in [0, 0.05) is 19.7 Å². The number of nitrogens with one attached hydrogen (secondary N) is 2. The van der Waals surface area contributed by atoms with E-state index in [9.17, 15) is 9.59 Å². The van der Waals surface area contributed by atoms with Crippen molar-refractivity contribution in [2.75, 3.05) is 19.7 Å². The molecule has 5 nitrogen and oxygen atoms in total. The van der Waals surface area contributed by atoms with Gasteiger partial charge in [-0.15, -0.1) is 0 Å². The Bertz CT molecular complexity index is 217. The fourth-order valence-electron chi connectivity index (χ4n) is 1.07. The average Bonchev–Trinajstić information content (AvgIpc) is 2.25. The van der Waals surface area contributed by atoms with E-state index in [0.29, 0.717) is 19.0 Å². The number of hydrogen-bond donors (Lipinski definition) is 3. The highest BCUT2D eigenvalue weighted by Crippen LogP contribution is 1.92. The molecule has 0 aromatic rings. The van der Waals surface area contributed by atoms with Crippen molar-refractivity contribution in [3.8, 4) is 0 Å². The Kier molecular flexibility index (Phi) is 8.52. The molecule has 0 unspecified atom stereocenters. The zero-order valence-electron chi connectivity index (χ0n) is 10.1. The van der Waals surface area contributed by atoms with Crippen molar-refractivity contribution in [2.24, 2.45) is 5.92 Å². The highest BCUT2D eigenvalue weighted by molar-refractivity contribution is 6.35. The first-order valence-corrected chi connectivity index (χ1v) is 5.74. The molecule has 0 spiro atoms. The van der Waals surface area contributed by atoms with E-state index in [4.69, 9.17) is 5.11 Å². The zero-order chi connectivity index (χ0) is 12.4. The van der Waals surface area contributed by atoms with Crippen LogP contribution in [0.5, 0.6) is 0 Å². The van der Waals surface area contributed by atoms with Crippen LogP contribution in [0.3, 0.4) is 0 Å². The third kappa shape index (κ3) is 8.23. The fraction of sp³-hybridized carbons (Fsp3) is 0.818. The Hall–Kier alpha value is -1.10. The first-order chi connectivity index (χ1) is 7.57. The Morgan fingerprint density at radius 2 is 1.69 bits per heavy atom. The molecule has 0 saturated heterocycles. The Morgan fingerprint density at radius 3 is 2.25 bits per heavy atom. The van der Waals surface area contributed by atoms with Gasteiger partial charge in [-0.1, -0.05) is 13.8 Å². The number of aliphatic hydroxyl groups is 1. The van der Waals surface area contributed by atoms with Crippen molar-refractivity contribution in [2.45, 2.75) is 33.1 Å². The maximum absolute atomic E-state index is 11.2. The van der Waals surface area contributed by atoms with E-state index >= 15 is 0 Å². The summed E-state index contributed by atoms with van der Waals surface area (Å²) < 4.78 is 0. The number of rotatable bonds is 7. The van der Waals surface area contributed by atoms with Crippen LogP contribution in [0.15, 0.2) is 0 Å². The molecule has 16 heavy (non-hydrogen) atoms. The van der Waals surface area contributed by atoms with Gasteiger partial charge in [-0.3, -0.25) is 9.59 Å². The number of amides is 2. The van der Waals surface area contributed by atoms with Crippen molar-refractivity contribution < 1.29 is 14.7 Å². The quantitative estimate of drug-likeness (QED) is 0.427. The molecule has 0 saturated carbocycles. The molecule has 2 amide bonds. The number of aliphatic hydroxyl groups excluding tert-OH is 1. The Balaban J connectivity index is 3.52. The normalized spacial score (nSPS) is 10.2. The van der Waals surface area contributed by atoms with Crippen LogP contribution < -0.4 is 10.6 Å². The maximum Gasteiger partial charge on any atom is 0.309 e. The smallest absolute Gasteiger partial charge is 0.309 e. The second-order valence-corrected chi connectivity index (χ2v) is 4.14. The fourth-order valence-corrected chi connectivity index (χ4v) is 1.07. The number of carbonyl (C=O) groups excluding carboxylic acids is 2. The van der Waals surface area contributed by atoms with E-state index in [-0.39, 0.29) is 6.61 Å². The minimum Gasteiger partial charge on any atom is -0.396 e. The first kappa shape index (κ1) is 14.9. The maximum atomic E-state index is 11.2. The summed E-state index contributed by atoms with van der Waals surface area (Å²) in [7, 11) is 0. The van der Waals surface area contributed by atoms with Crippen molar-refractivity contribution in [3.63, 3.8) is 0 Å². The predicted octanol–water partition coefficient (Wildman–Crippen LogP) is 0.0374. The van der Waals surface area contributed by atoms with Crippen molar-refractivity contribution in [1.29, 1.82) is 0 Å². The molecule has 0 aliphatic rings. The second kappa shape index (κ2) is 9.15. The SMILES string of the molecule is CC(C)CNC(=O)C(=O)NCCCCCO. The monoisotopic (exact) mass is 230 g/mol. The van der Waals surface area contributed by atoms with Crippen molar-refractivity contribution >= 4 is 11.8 Å². The van der Waals surface area contributed by atoms with Gasteiger partial charge in [0.1, 0.15) is 0 Å². The van der Waals surface area contributed by atoms with Gasteiger partial charge in [0.15, 0.2) is 0 Å². The van der Waals surface area contributed by atoms with Crippen LogP contribution in [-0.4, -0.2) is 36.6 Å². The molecular formula is C11H22N2O3. The van der Waals surface area contributed by atoms with E-state index in [1.165, 1.54) is 0 Å². The largest absolute Gasteiger partial charge is 0.396 e. The molecular weight excluding hydrogens is 208 g/mol. The molecule has 0 heterocycles. The summed E-state index contributed by atoms with van der Waals surface area (Å²) in [6.45, 7) is 5.09. The van der Waals surface area contributed by atoms with Gasteiger partial charge >= 0.3 is 11.8 Å². The topological polar surface area (TPSA) is 78.4 Å². The lowest BCUT2D eigenvalue weighted by atomic mass is 10.2. The number of carbonyl (C=O) groups is 2. The van der Waals surface area contributed by atoms with Crippen LogP contribution in [0.2, 0.25) is 0 Å². The second-order valence-electron chi connectivity index (χ2n) is 4.14. The van der Waals surface area contributed by atoms with Gasteiger partial charge in [-0.05, 0) is 25.2 Å². The summed E-state index contributed by atoms with van der Waals surface area (Å²) >= 11 is 0. The van der Waals surface area contributed by atoms with Crippen LogP contribution in [0.25, 0.3) is 0 Å².